The predicted octanol–water partition coefficient (Wildman–Crippen LogP) is 2.83. The van der Waals surface area contributed by atoms with Crippen LogP contribution in [0.15, 0.2) is 42.5 Å². The fourth-order valence-corrected chi connectivity index (χ4v) is 1.82. The lowest BCUT2D eigenvalue weighted by Gasteiger charge is -2.11. The Kier molecular flexibility index (Phi) is 4.42. The Morgan fingerprint density at radius 3 is 2.38 bits per heavy atom. The third-order valence-corrected chi connectivity index (χ3v) is 2.92. The second kappa shape index (κ2) is 6.44. The minimum Gasteiger partial charge on any atom is -0.497 e. The van der Waals surface area contributed by atoms with Crippen molar-refractivity contribution in [1.29, 1.82) is 5.26 Å². The molecular formula is C16H14N2O3. The van der Waals surface area contributed by atoms with Crippen LogP contribution in [-0.4, -0.2) is 20.1 Å². The number of nitrogens with one attached hydrogen (secondary N) is 1. The van der Waals surface area contributed by atoms with E-state index in [2.05, 4.69) is 5.32 Å². The summed E-state index contributed by atoms with van der Waals surface area (Å²) < 4.78 is 10.3. The van der Waals surface area contributed by atoms with Gasteiger partial charge < -0.3 is 14.8 Å². The van der Waals surface area contributed by atoms with Crippen molar-refractivity contribution in [2.75, 3.05) is 19.5 Å². The molecule has 0 unspecified atom stereocenters. The number of hydrogen-bond donors (Lipinski definition) is 1. The minimum absolute atomic E-state index is 0.310. The third-order valence-electron chi connectivity index (χ3n) is 2.92. The summed E-state index contributed by atoms with van der Waals surface area (Å²) in [4.78, 5) is 12.3. The molecule has 0 radical (unpaired) electrons. The summed E-state index contributed by atoms with van der Waals surface area (Å²) in [5.74, 6) is 0.721. The van der Waals surface area contributed by atoms with Crippen LogP contribution in [0.2, 0.25) is 0 Å². The van der Waals surface area contributed by atoms with E-state index in [0.29, 0.717) is 28.3 Å². The second-order valence-corrected chi connectivity index (χ2v) is 4.21. The van der Waals surface area contributed by atoms with Crippen LogP contribution in [-0.2, 0) is 0 Å². The van der Waals surface area contributed by atoms with Crippen molar-refractivity contribution in [1.82, 2.24) is 0 Å². The van der Waals surface area contributed by atoms with Gasteiger partial charge in [-0.25, -0.2) is 0 Å². The van der Waals surface area contributed by atoms with Crippen LogP contribution >= 0.6 is 0 Å². The van der Waals surface area contributed by atoms with Crippen molar-refractivity contribution in [2.24, 2.45) is 0 Å². The van der Waals surface area contributed by atoms with Crippen LogP contribution in [0.25, 0.3) is 0 Å². The fraction of sp³-hybridized carbons (Fsp3) is 0.125. The second-order valence-electron chi connectivity index (χ2n) is 4.21. The van der Waals surface area contributed by atoms with Gasteiger partial charge >= 0.3 is 0 Å². The molecule has 0 saturated carbocycles. The number of anilines is 1. The van der Waals surface area contributed by atoms with E-state index in [1.807, 2.05) is 6.07 Å². The largest absolute Gasteiger partial charge is 0.497 e. The maximum atomic E-state index is 12.3. The van der Waals surface area contributed by atoms with E-state index >= 15 is 0 Å². The van der Waals surface area contributed by atoms with Crippen LogP contribution in [0.4, 0.5) is 5.69 Å². The molecule has 0 aliphatic rings. The lowest BCUT2D eigenvalue weighted by molar-refractivity contribution is 0.102. The number of nitrogens with zero attached hydrogens (tertiary/aromatic N) is 1. The standard InChI is InChI=1S/C16H14N2O3/c1-20-13-7-8-15(21-2)14(9-13)16(19)18-12-5-3-11(10-17)4-6-12/h3-9H,1-2H3,(H,18,19). The van der Waals surface area contributed by atoms with E-state index in [4.69, 9.17) is 14.7 Å². The van der Waals surface area contributed by atoms with E-state index in [1.165, 1.54) is 14.2 Å². The summed E-state index contributed by atoms with van der Waals surface area (Å²) in [6.07, 6.45) is 0. The first kappa shape index (κ1) is 14.4. The first-order chi connectivity index (χ1) is 10.2. The summed E-state index contributed by atoms with van der Waals surface area (Å²) in [6.45, 7) is 0. The number of nitriles is 1. The van der Waals surface area contributed by atoms with Gasteiger partial charge in [0.05, 0.1) is 31.4 Å². The molecule has 5 nitrogen and oxygen atoms in total. The Morgan fingerprint density at radius 1 is 1.10 bits per heavy atom. The molecule has 0 saturated heterocycles. The number of hydrogen-bond acceptors (Lipinski definition) is 4. The van der Waals surface area contributed by atoms with Crippen molar-refractivity contribution in [3.63, 3.8) is 0 Å². The highest BCUT2D eigenvalue weighted by molar-refractivity contribution is 6.06. The SMILES string of the molecule is COc1ccc(OC)c(C(=O)Nc2ccc(C#N)cc2)c1. The van der Waals surface area contributed by atoms with Crippen LogP contribution in [0.3, 0.4) is 0 Å². The highest BCUT2D eigenvalue weighted by atomic mass is 16.5. The lowest BCUT2D eigenvalue weighted by atomic mass is 10.1. The number of ether oxygens (including phenoxy) is 2. The number of rotatable bonds is 4. The van der Waals surface area contributed by atoms with Gasteiger partial charge in [-0.05, 0) is 42.5 Å². The van der Waals surface area contributed by atoms with Crippen molar-refractivity contribution < 1.29 is 14.3 Å². The van der Waals surface area contributed by atoms with Gasteiger partial charge in [-0.1, -0.05) is 0 Å². The fourth-order valence-electron chi connectivity index (χ4n) is 1.82. The highest BCUT2D eigenvalue weighted by Crippen LogP contribution is 2.25. The molecule has 1 amide bonds. The summed E-state index contributed by atoms with van der Waals surface area (Å²) in [6, 6.07) is 13.6. The first-order valence-corrected chi connectivity index (χ1v) is 6.21. The number of amides is 1. The van der Waals surface area contributed by atoms with E-state index < -0.39 is 0 Å². The van der Waals surface area contributed by atoms with E-state index in [0.717, 1.165) is 0 Å². The Balaban J connectivity index is 2.24. The summed E-state index contributed by atoms with van der Waals surface area (Å²) in [5, 5.41) is 11.5. The molecule has 1 N–H and O–H groups in total. The van der Waals surface area contributed by atoms with Gasteiger partial charge in [0.2, 0.25) is 0 Å². The molecule has 0 aliphatic carbocycles. The molecule has 21 heavy (non-hydrogen) atoms. The van der Waals surface area contributed by atoms with Crippen molar-refractivity contribution >= 4 is 11.6 Å². The minimum atomic E-state index is -0.310. The zero-order valence-electron chi connectivity index (χ0n) is 11.7. The average Bonchev–Trinajstić information content (AvgIpc) is 2.54. The molecule has 0 aliphatic heterocycles. The van der Waals surface area contributed by atoms with Gasteiger partial charge in [-0.15, -0.1) is 0 Å². The van der Waals surface area contributed by atoms with E-state index in [1.54, 1.807) is 42.5 Å². The number of benzene rings is 2. The summed E-state index contributed by atoms with van der Waals surface area (Å²) >= 11 is 0. The molecule has 0 heterocycles. The Labute approximate surface area is 122 Å². The molecule has 2 aromatic rings. The van der Waals surface area contributed by atoms with Crippen molar-refractivity contribution in [3.8, 4) is 17.6 Å². The molecule has 106 valence electrons. The number of carbonyl (C=O) groups excluding carboxylic acids is 1. The molecule has 0 fully saturated rings. The number of carbonyl (C=O) groups is 1. The molecule has 0 atom stereocenters. The molecule has 0 spiro atoms. The van der Waals surface area contributed by atoms with Gasteiger partial charge in [0, 0.05) is 5.69 Å². The molecule has 0 bridgehead atoms. The zero-order valence-corrected chi connectivity index (χ0v) is 11.7. The van der Waals surface area contributed by atoms with Gasteiger partial charge in [0.1, 0.15) is 11.5 Å². The average molecular weight is 282 g/mol. The normalized spacial score (nSPS) is 9.57. The Morgan fingerprint density at radius 2 is 1.81 bits per heavy atom. The van der Waals surface area contributed by atoms with Crippen LogP contribution < -0.4 is 14.8 Å². The molecule has 5 heteroatoms. The van der Waals surface area contributed by atoms with Crippen molar-refractivity contribution in [2.45, 2.75) is 0 Å². The number of methoxy groups -OCH3 is 2. The molecular weight excluding hydrogens is 268 g/mol. The topological polar surface area (TPSA) is 71.3 Å². The maximum absolute atomic E-state index is 12.3. The third kappa shape index (κ3) is 3.31. The van der Waals surface area contributed by atoms with Crippen molar-refractivity contribution in [3.05, 3.63) is 53.6 Å². The Bertz CT molecular complexity index is 688. The van der Waals surface area contributed by atoms with Crippen LogP contribution in [0, 0.1) is 11.3 Å². The monoisotopic (exact) mass is 282 g/mol. The Hall–Kier alpha value is -3.00. The van der Waals surface area contributed by atoms with Crippen LogP contribution in [0.1, 0.15) is 15.9 Å². The first-order valence-electron chi connectivity index (χ1n) is 6.21. The molecule has 2 rings (SSSR count). The summed E-state index contributed by atoms with van der Waals surface area (Å²) in [7, 11) is 3.03. The van der Waals surface area contributed by atoms with Crippen LogP contribution in [0.5, 0.6) is 11.5 Å². The maximum Gasteiger partial charge on any atom is 0.259 e. The van der Waals surface area contributed by atoms with Gasteiger partial charge in [-0.2, -0.15) is 5.26 Å². The van der Waals surface area contributed by atoms with Gasteiger partial charge in [0.25, 0.3) is 5.91 Å². The molecule has 2 aromatic carbocycles. The smallest absolute Gasteiger partial charge is 0.259 e. The summed E-state index contributed by atoms with van der Waals surface area (Å²) in [5.41, 5.74) is 1.51. The molecule has 0 aromatic heterocycles. The predicted molar refractivity (Wildman–Crippen MR) is 78.7 cm³/mol. The zero-order chi connectivity index (χ0) is 15.2. The van der Waals surface area contributed by atoms with Gasteiger partial charge in [-0.3, -0.25) is 4.79 Å². The van der Waals surface area contributed by atoms with E-state index in [9.17, 15) is 4.79 Å². The lowest BCUT2D eigenvalue weighted by Crippen LogP contribution is -2.13. The highest BCUT2D eigenvalue weighted by Gasteiger charge is 2.13. The quantitative estimate of drug-likeness (QED) is 0.936. The van der Waals surface area contributed by atoms with E-state index in [-0.39, 0.29) is 5.91 Å². The van der Waals surface area contributed by atoms with Gasteiger partial charge in [0.15, 0.2) is 0 Å².